The molecule has 0 aromatic heterocycles. The van der Waals surface area contributed by atoms with E-state index in [9.17, 15) is 0 Å². The SMILES string of the molecule is CNc1cccc(C(c2cc(Br)ccc2C)N(C)C)c1. The average Bonchev–Trinajstić information content (AvgIpc) is 2.43. The molecule has 0 aliphatic rings. The van der Waals surface area contributed by atoms with Crippen molar-refractivity contribution in [1.82, 2.24) is 4.90 Å². The standard InChI is InChI=1S/C17H21BrN2/c1-12-8-9-14(18)11-16(12)17(20(3)4)13-6-5-7-15(10-13)19-2/h5-11,17,19H,1-4H3. The minimum Gasteiger partial charge on any atom is -0.388 e. The summed E-state index contributed by atoms with van der Waals surface area (Å²) in [4.78, 5) is 2.25. The Bertz CT molecular complexity index is 593. The fourth-order valence-electron chi connectivity index (χ4n) is 2.53. The Hall–Kier alpha value is -1.32. The molecular weight excluding hydrogens is 312 g/mol. The Morgan fingerprint density at radius 3 is 2.50 bits per heavy atom. The number of benzene rings is 2. The van der Waals surface area contributed by atoms with Gasteiger partial charge in [0.25, 0.3) is 0 Å². The first-order valence-electron chi connectivity index (χ1n) is 6.73. The molecule has 0 saturated heterocycles. The molecule has 106 valence electrons. The van der Waals surface area contributed by atoms with E-state index in [0.717, 1.165) is 10.2 Å². The van der Waals surface area contributed by atoms with Crippen LogP contribution < -0.4 is 5.32 Å². The quantitative estimate of drug-likeness (QED) is 0.889. The van der Waals surface area contributed by atoms with Crippen LogP contribution >= 0.6 is 15.9 Å². The topological polar surface area (TPSA) is 15.3 Å². The van der Waals surface area contributed by atoms with Crippen LogP contribution in [0, 0.1) is 6.92 Å². The highest BCUT2D eigenvalue weighted by Crippen LogP contribution is 2.32. The third kappa shape index (κ3) is 3.22. The zero-order valence-electron chi connectivity index (χ0n) is 12.4. The number of halogens is 1. The summed E-state index contributed by atoms with van der Waals surface area (Å²) in [5.74, 6) is 0. The predicted octanol–water partition coefficient (Wildman–Crippen LogP) is 4.45. The maximum Gasteiger partial charge on any atom is 0.0600 e. The first kappa shape index (κ1) is 15.1. The van der Waals surface area contributed by atoms with Crippen LogP contribution in [-0.4, -0.2) is 26.0 Å². The van der Waals surface area contributed by atoms with Crippen LogP contribution in [0.5, 0.6) is 0 Å². The number of nitrogens with one attached hydrogen (secondary N) is 1. The van der Waals surface area contributed by atoms with Crippen molar-refractivity contribution >= 4 is 21.6 Å². The lowest BCUT2D eigenvalue weighted by Crippen LogP contribution is -2.22. The second kappa shape index (κ2) is 6.42. The normalized spacial score (nSPS) is 12.5. The van der Waals surface area contributed by atoms with Crippen LogP contribution in [0.3, 0.4) is 0 Å². The third-order valence-electron chi connectivity index (χ3n) is 3.54. The molecular formula is C17H21BrN2. The van der Waals surface area contributed by atoms with E-state index in [4.69, 9.17) is 0 Å². The highest BCUT2D eigenvalue weighted by atomic mass is 79.9. The van der Waals surface area contributed by atoms with Gasteiger partial charge in [0.2, 0.25) is 0 Å². The number of nitrogens with zero attached hydrogens (tertiary/aromatic N) is 1. The van der Waals surface area contributed by atoms with Gasteiger partial charge < -0.3 is 5.32 Å². The predicted molar refractivity (Wildman–Crippen MR) is 90.4 cm³/mol. The maximum atomic E-state index is 3.58. The van der Waals surface area contributed by atoms with Gasteiger partial charge in [0.05, 0.1) is 6.04 Å². The second-order valence-corrected chi connectivity index (χ2v) is 6.16. The van der Waals surface area contributed by atoms with E-state index in [-0.39, 0.29) is 6.04 Å². The molecule has 0 aliphatic carbocycles. The van der Waals surface area contributed by atoms with E-state index in [1.54, 1.807) is 0 Å². The monoisotopic (exact) mass is 332 g/mol. The zero-order valence-corrected chi connectivity index (χ0v) is 14.0. The van der Waals surface area contributed by atoms with Crippen molar-refractivity contribution in [3.8, 4) is 0 Å². The van der Waals surface area contributed by atoms with Gasteiger partial charge in [-0.2, -0.15) is 0 Å². The van der Waals surface area contributed by atoms with E-state index >= 15 is 0 Å². The third-order valence-corrected chi connectivity index (χ3v) is 4.04. The van der Waals surface area contributed by atoms with Gasteiger partial charge in [-0.05, 0) is 62.0 Å². The first-order chi connectivity index (χ1) is 9.52. The van der Waals surface area contributed by atoms with Crippen molar-refractivity contribution in [1.29, 1.82) is 0 Å². The minimum atomic E-state index is 0.251. The van der Waals surface area contributed by atoms with Crippen molar-refractivity contribution in [2.75, 3.05) is 26.5 Å². The van der Waals surface area contributed by atoms with Gasteiger partial charge in [-0.25, -0.2) is 0 Å². The highest BCUT2D eigenvalue weighted by Gasteiger charge is 2.19. The Labute approximate surface area is 129 Å². The molecule has 2 nitrogen and oxygen atoms in total. The molecule has 0 spiro atoms. The molecule has 1 N–H and O–H groups in total. The van der Waals surface area contributed by atoms with Crippen LogP contribution in [0.15, 0.2) is 46.9 Å². The Kier molecular flexibility index (Phi) is 4.84. The van der Waals surface area contributed by atoms with E-state index in [1.165, 1.54) is 16.7 Å². The lowest BCUT2D eigenvalue weighted by molar-refractivity contribution is 0.341. The fraction of sp³-hybridized carbons (Fsp3) is 0.294. The summed E-state index contributed by atoms with van der Waals surface area (Å²) in [6, 6.07) is 15.3. The Morgan fingerprint density at radius 2 is 1.85 bits per heavy atom. The molecule has 20 heavy (non-hydrogen) atoms. The molecule has 2 rings (SSSR count). The van der Waals surface area contributed by atoms with Crippen molar-refractivity contribution in [3.05, 3.63) is 63.6 Å². The van der Waals surface area contributed by atoms with Gasteiger partial charge in [-0.1, -0.05) is 34.1 Å². The second-order valence-electron chi connectivity index (χ2n) is 5.24. The summed E-state index contributed by atoms with van der Waals surface area (Å²) < 4.78 is 1.12. The largest absolute Gasteiger partial charge is 0.388 e. The van der Waals surface area contributed by atoms with Crippen LogP contribution in [0.1, 0.15) is 22.7 Å². The number of anilines is 1. The molecule has 1 unspecified atom stereocenters. The van der Waals surface area contributed by atoms with Gasteiger partial charge in [0.15, 0.2) is 0 Å². The number of rotatable bonds is 4. The molecule has 3 heteroatoms. The molecule has 0 amide bonds. The summed E-state index contributed by atoms with van der Waals surface area (Å²) in [6.45, 7) is 2.17. The molecule has 2 aromatic carbocycles. The maximum absolute atomic E-state index is 3.58. The Morgan fingerprint density at radius 1 is 1.10 bits per heavy atom. The fourth-order valence-corrected chi connectivity index (χ4v) is 2.90. The summed E-state index contributed by atoms with van der Waals surface area (Å²) in [7, 11) is 6.20. The van der Waals surface area contributed by atoms with E-state index in [1.807, 2.05) is 7.05 Å². The van der Waals surface area contributed by atoms with Crippen LogP contribution in [-0.2, 0) is 0 Å². The molecule has 0 radical (unpaired) electrons. The summed E-state index contributed by atoms with van der Waals surface area (Å²) in [5, 5.41) is 3.21. The van der Waals surface area contributed by atoms with Gasteiger partial charge in [0.1, 0.15) is 0 Å². The van der Waals surface area contributed by atoms with Gasteiger partial charge in [-0.15, -0.1) is 0 Å². The lowest BCUT2D eigenvalue weighted by Gasteiger charge is -2.27. The molecule has 0 bridgehead atoms. The summed E-state index contributed by atoms with van der Waals surface area (Å²) in [6.07, 6.45) is 0. The average molecular weight is 333 g/mol. The van der Waals surface area contributed by atoms with Crippen LogP contribution in [0.25, 0.3) is 0 Å². The first-order valence-corrected chi connectivity index (χ1v) is 7.52. The summed E-state index contributed by atoms with van der Waals surface area (Å²) >= 11 is 3.58. The van der Waals surface area contributed by atoms with Crippen molar-refractivity contribution in [3.63, 3.8) is 0 Å². The van der Waals surface area contributed by atoms with E-state index < -0.39 is 0 Å². The van der Waals surface area contributed by atoms with Crippen molar-refractivity contribution < 1.29 is 0 Å². The van der Waals surface area contributed by atoms with Crippen LogP contribution in [0.2, 0.25) is 0 Å². The molecule has 2 aromatic rings. The Balaban J connectivity index is 2.53. The molecule has 0 heterocycles. The zero-order chi connectivity index (χ0) is 14.7. The number of hydrogen-bond donors (Lipinski definition) is 1. The van der Waals surface area contributed by atoms with Crippen molar-refractivity contribution in [2.45, 2.75) is 13.0 Å². The molecule has 0 aliphatic heterocycles. The molecule has 0 saturated carbocycles. The van der Waals surface area contributed by atoms with E-state index in [2.05, 4.69) is 89.6 Å². The van der Waals surface area contributed by atoms with E-state index in [0.29, 0.717) is 0 Å². The van der Waals surface area contributed by atoms with Crippen LogP contribution in [0.4, 0.5) is 5.69 Å². The lowest BCUT2D eigenvalue weighted by atomic mass is 9.94. The number of aryl methyl sites for hydroxylation is 1. The summed E-state index contributed by atoms with van der Waals surface area (Å²) in [5.41, 5.74) is 5.07. The van der Waals surface area contributed by atoms with Crippen molar-refractivity contribution in [2.24, 2.45) is 0 Å². The smallest absolute Gasteiger partial charge is 0.0600 e. The minimum absolute atomic E-state index is 0.251. The highest BCUT2D eigenvalue weighted by molar-refractivity contribution is 9.10. The van der Waals surface area contributed by atoms with Gasteiger partial charge >= 0.3 is 0 Å². The molecule has 1 atom stereocenters. The number of hydrogen-bond acceptors (Lipinski definition) is 2. The van der Waals surface area contributed by atoms with Gasteiger partial charge in [0, 0.05) is 17.2 Å². The molecule has 0 fully saturated rings. The van der Waals surface area contributed by atoms with Gasteiger partial charge in [-0.3, -0.25) is 4.90 Å².